The van der Waals surface area contributed by atoms with E-state index in [2.05, 4.69) is 10.6 Å². The normalized spacial score (nSPS) is 21.9. The Morgan fingerprint density at radius 2 is 2.00 bits per heavy atom. The molecule has 1 fully saturated rings. The summed E-state index contributed by atoms with van der Waals surface area (Å²) < 4.78 is 0. The first-order valence-corrected chi connectivity index (χ1v) is 5.93. The third-order valence-electron chi connectivity index (χ3n) is 3.63. The molecule has 2 aliphatic rings. The maximum Gasteiger partial charge on any atom is 0.235 e. The third kappa shape index (κ3) is 1.22. The lowest BCUT2D eigenvalue weighted by Crippen LogP contribution is -2.44. The van der Waals surface area contributed by atoms with Crippen molar-refractivity contribution < 1.29 is 4.79 Å². The van der Waals surface area contributed by atoms with Crippen LogP contribution in [-0.4, -0.2) is 19.0 Å². The van der Waals surface area contributed by atoms with Crippen LogP contribution in [0, 0.1) is 0 Å². The molecular weight excluding hydrogens is 224 g/mol. The quantitative estimate of drug-likeness (QED) is 0.723. The maximum atomic E-state index is 12.2. The Balaban J connectivity index is 2.17. The molecule has 1 saturated heterocycles. The molecule has 0 aromatic heterocycles. The number of anilines is 1. The molecular formula is C12H13ClN2O. The van der Waals surface area contributed by atoms with Gasteiger partial charge in [0.2, 0.25) is 5.91 Å². The Kier molecular flexibility index (Phi) is 2.19. The molecule has 4 heteroatoms. The summed E-state index contributed by atoms with van der Waals surface area (Å²) >= 11 is 6.25. The van der Waals surface area contributed by atoms with Crippen LogP contribution in [0.3, 0.4) is 0 Å². The van der Waals surface area contributed by atoms with Crippen LogP contribution in [0.25, 0.3) is 0 Å². The van der Waals surface area contributed by atoms with Crippen LogP contribution in [0.4, 0.5) is 5.69 Å². The average Bonchev–Trinajstić information content (AvgIpc) is 2.55. The molecule has 3 rings (SSSR count). The number of halogens is 1. The predicted octanol–water partition coefficient (Wildman–Crippen LogP) is 1.91. The highest BCUT2D eigenvalue weighted by atomic mass is 35.5. The Bertz CT molecular complexity index is 452. The Labute approximate surface area is 99.2 Å². The number of benzene rings is 1. The van der Waals surface area contributed by atoms with Crippen LogP contribution in [0.15, 0.2) is 18.2 Å². The lowest BCUT2D eigenvalue weighted by Gasteiger charge is -2.32. The van der Waals surface area contributed by atoms with Crippen molar-refractivity contribution in [2.24, 2.45) is 0 Å². The van der Waals surface area contributed by atoms with Gasteiger partial charge in [0.15, 0.2) is 0 Å². The number of carbonyl (C=O) groups is 1. The number of piperidine rings is 1. The first-order valence-electron chi connectivity index (χ1n) is 5.55. The molecule has 1 aromatic carbocycles. The van der Waals surface area contributed by atoms with E-state index < -0.39 is 0 Å². The number of fused-ring (bicyclic) bond motifs is 2. The number of hydrogen-bond acceptors (Lipinski definition) is 2. The van der Waals surface area contributed by atoms with Gasteiger partial charge in [-0.25, -0.2) is 0 Å². The lowest BCUT2D eigenvalue weighted by atomic mass is 9.74. The predicted molar refractivity (Wildman–Crippen MR) is 63.9 cm³/mol. The summed E-state index contributed by atoms with van der Waals surface area (Å²) in [4.78, 5) is 12.2. The lowest BCUT2D eigenvalue weighted by molar-refractivity contribution is -0.121. The van der Waals surface area contributed by atoms with E-state index >= 15 is 0 Å². The fourth-order valence-electron chi connectivity index (χ4n) is 2.80. The molecule has 16 heavy (non-hydrogen) atoms. The van der Waals surface area contributed by atoms with Crippen LogP contribution in [0.5, 0.6) is 0 Å². The molecule has 0 bridgehead atoms. The maximum absolute atomic E-state index is 12.2. The Hall–Kier alpha value is -1.06. The van der Waals surface area contributed by atoms with E-state index in [0.29, 0.717) is 5.02 Å². The van der Waals surface area contributed by atoms with Crippen molar-refractivity contribution in [3.05, 3.63) is 28.8 Å². The number of nitrogens with one attached hydrogen (secondary N) is 2. The Morgan fingerprint density at radius 1 is 1.25 bits per heavy atom. The van der Waals surface area contributed by atoms with E-state index in [1.54, 1.807) is 0 Å². The van der Waals surface area contributed by atoms with Crippen LogP contribution in [-0.2, 0) is 10.2 Å². The zero-order chi connectivity index (χ0) is 11.2. The third-order valence-corrected chi connectivity index (χ3v) is 3.95. The van der Waals surface area contributed by atoms with Crippen molar-refractivity contribution >= 4 is 23.2 Å². The van der Waals surface area contributed by atoms with Gasteiger partial charge in [0.1, 0.15) is 0 Å². The summed E-state index contributed by atoms with van der Waals surface area (Å²) in [5.41, 5.74) is 1.50. The second-order valence-electron chi connectivity index (χ2n) is 4.45. The second-order valence-corrected chi connectivity index (χ2v) is 4.86. The van der Waals surface area contributed by atoms with E-state index in [-0.39, 0.29) is 11.3 Å². The first kappa shape index (κ1) is 10.1. The summed E-state index contributed by atoms with van der Waals surface area (Å²) in [5, 5.41) is 6.94. The van der Waals surface area contributed by atoms with E-state index in [9.17, 15) is 4.79 Å². The standard InChI is InChI=1S/C12H13ClN2O/c13-8-2-1-3-9-10(8)12(11(16)15-9)4-6-14-7-5-12/h1-3,14H,4-7H2,(H,15,16). The monoisotopic (exact) mass is 236 g/mol. The van der Waals surface area contributed by atoms with E-state index in [0.717, 1.165) is 37.2 Å². The first-order chi connectivity index (χ1) is 7.74. The van der Waals surface area contributed by atoms with Crippen molar-refractivity contribution in [3.8, 4) is 0 Å². The van der Waals surface area contributed by atoms with Crippen molar-refractivity contribution in [2.75, 3.05) is 18.4 Å². The molecule has 2 heterocycles. The van der Waals surface area contributed by atoms with Gasteiger partial charge in [-0.3, -0.25) is 4.79 Å². The molecule has 0 aliphatic carbocycles. The molecule has 0 unspecified atom stereocenters. The molecule has 0 saturated carbocycles. The molecule has 1 aromatic rings. The minimum absolute atomic E-state index is 0.108. The number of amides is 1. The van der Waals surface area contributed by atoms with E-state index in [1.807, 2.05) is 18.2 Å². The summed E-state index contributed by atoms with van der Waals surface area (Å²) in [5.74, 6) is 0.108. The molecule has 1 spiro atoms. The van der Waals surface area contributed by atoms with E-state index in [1.165, 1.54) is 0 Å². The van der Waals surface area contributed by atoms with Gasteiger partial charge < -0.3 is 10.6 Å². The zero-order valence-corrected chi connectivity index (χ0v) is 9.60. The smallest absolute Gasteiger partial charge is 0.235 e. The summed E-state index contributed by atoms with van der Waals surface area (Å²) in [7, 11) is 0. The minimum atomic E-state index is -0.390. The number of rotatable bonds is 0. The second kappa shape index (κ2) is 3.47. The van der Waals surface area contributed by atoms with Crippen LogP contribution < -0.4 is 10.6 Å². The van der Waals surface area contributed by atoms with Gasteiger partial charge in [-0.2, -0.15) is 0 Å². The highest BCUT2D eigenvalue weighted by molar-refractivity contribution is 6.33. The van der Waals surface area contributed by atoms with Gasteiger partial charge in [-0.1, -0.05) is 17.7 Å². The average molecular weight is 237 g/mol. The zero-order valence-electron chi connectivity index (χ0n) is 8.85. The summed E-state index contributed by atoms with van der Waals surface area (Å²) in [6, 6.07) is 5.67. The Morgan fingerprint density at radius 3 is 2.75 bits per heavy atom. The van der Waals surface area contributed by atoms with Crippen LogP contribution in [0.1, 0.15) is 18.4 Å². The summed E-state index contributed by atoms with van der Waals surface area (Å²) in [6.07, 6.45) is 1.66. The largest absolute Gasteiger partial charge is 0.325 e. The van der Waals surface area contributed by atoms with Gasteiger partial charge in [-0.05, 0) is 38.1 Å². The van der Waals surface area contributed by atoms with Crippen LogP contribution in [0.2, 0.25) is 5.02 Å². The molecule has 84 valence electrons. The van der Waals surface area contributed by atoms with Crippen molar-refractivity contribution in [3.63, 3.8) is 0 Å². The topological polar surface area (TPSA) is 41.1 Å². The van der Waals surface area contributed by atoms with Gasteiger partial charge in [0.05, 0.1) is 5.41 Å². The number of carbonyl (C=O) groups excluding carboxylic acids is 1. The van der Waals surface area contributed by atoms with Crippen molar-refractivity contribution in [1.82, 2.24) is 5.32 Å². The highest BCUT2D eigenvalue weighted by Gasteiger charge is 2.48. The van der Waals surface area contributed by atoms with Gasteiger partial charge in [-0.15, -0.1) is 0 Å². The van der Waals surface area contributed by atoms with Crippen molar-refractivity contribution in [2.45, 2.75) is 18.3 Å². The van der Waals surface area contributed by atoms with Crippen molar-refractivity contribution in [1.29, 1.82) is 0 Å². The van der Waals surface area contributed by atoms with Gasteiger partial charge in [0.25, 0.3) is 0 Å². The molecule has 2 aliphatic heterocycles. The molecule has 1 amide bonds. The minimum Gasteiger partial charge on any atom is -0.325 e. The molecule has 2 N–H and O–H groups in total. The van der Waals surface area contributed by atoms with E-state index in [4.69, 9.17) is 11.6 Å². The molecule has 0 atom stereocenters. The SMILES string of the molecule is O=C1Nc2cccc(Cl)c2C12CCNCC2. The fourth-order valence-corrected chi connectivity index (χ4v) is 3.16. The summed E-state index contributed by atoms with van der Waals surface area (Å²) in [6.45, 7) is 1.75. The molecule has 0 radical (unpaired) electrons. The molecule has 3 nitrogen and oxygen atoms in total. The highest BCUT2D eigenvalue weighted by Crippen LogP contribution is 2.46. The number of hydrogen-bond donors (Lipinski definition) is 2. The fraction of sp³-hybridized carbons (Fsp3) is 0.417. The van der Waals surface area contributed by atoms with Gasteiger partial charge in [0, 0.05) is 16.3 Å². The van der Waals surface area contributed by atoms with Crippen LogP contribution >= 0.6 is 11.6 Å². The van der Waals surface area contributed by atoms with Gasteiger partial charge >= 0.3 is 0 Å².